The summed E-state index contributed by atoms with van der Waals surface area (Å²) >= 11 is 0. The number of hydrogen-bond donors (Lipinski definition) is 4. The monoisotopic (exact) mass is 359 g/mol. The highest BCUT2D eigenvalue weighted by Gasteiger charge is 2.44. The van der Waals surface area contributed by atoms with Crippen LogP contribution in [0.1, 0.15) is 19.1 Å². The van der Waals surface area contributed by atoms with Crippen LogP contribution in [-0.4, -0.2) is 65.8 Å². The summed E-state index contributed by atoms with van der Waals surface area (Å²) in [6.07, 6.45) is 5.75. The molecule has 3 aliphatic rings. The van der Waals surface area contributed by atoms with Crippen molar-refractivity contribution in [3.63, 3.8) is 0 Å². The van der Waals surface area contributed by atoms with Crippen LogP contribution in [0.3, 0.4) is 0 Å². The predicted octanol–water partition coefficient (Wildman–Crippen LogP) is -0.186. The summed E-state index contributed by atoms with van der Waals surface area (Å²) in [6.45, 7) is -0.374. The molecule has 4 N–H and O–H groups in total. The van der Waals surface area contributed by atoms with Crippen molar-refractivity contribution in [1.29, 1.82) is 0 Å². The summed E-state index contributed by atoms with van der Waals surface area (Å²) in [6, 6.07) is 0.335. The number of nitrogens with zero attached hydrogens (tertiary/aromatic N) is 4. The van der Waals surface area contributed by atoms with E-state index in [1.807, 2.05) is 0 Å². The summed E-state index contributed by atoms with van der Waals surface area (Å²) in [5.41, 5.74) is 1.10. The second-order valence-corrected chi connectivity index (χ2v) is 7.31. The molecule has 9 heteroatoms. The van der Waals surface area contributed by atoms with Gasteiger partial charge in [0.25, 0.3) is 0 Å². The lowest BCUT2D eigenvalue weighted by Gasteiger charge is -2.20. The lowest BCUT2D eigenvalue weighted by Crippen LogP contribution is -2.33. The summed E-state index contributed by atoms with van der Waals surface area (Å²) in [4.78, 5) is 13.0. The van der Waals surface area contributed by atoms with E-state index in [0.717, 1.165) is 6.42 Å². The number of aliphatic hydroxyl groups is 3. The van der Waals surface area contributed by atoms with Crippen LogP contribution in [-0.2, 0) is 4.74 Å². The van der Waals surface area contributed by atoms with Crippen LogP contribution in [0.25, 0.3) is 11.2 Å². The molecule has 0 radical (unpaired) electrons. The molecule has 138 valence electrons. The molecule has 26 heavy (non-hydrogen) atoms. The highest BCUT2D eigenvalue weighted by molar-refractivity contribution is 5.83. The molecule has 2 aromatic rings. The average molecular weight is 359 g/mol. The molecule has 3 heterocycles. The summed E-state index contributed by atoms with van der Waals surface area (Å²) < 4.78 is 7.16. The minimum absolute atomic E-state index is 0.335. The minimum atomic E-state index is -1.17. The lowest BCUT2D eigenvalue weighted by atomic mass is 10.0. The van der Waals surface area contributed by atoms with Gasteiger partial charge in [0.1, 0.15) is 24.6 Å². The molecular weight excluding hydrogens is 338 g/mol. The second kappa shape index (κ2) is 5.98. The topological polar surface area (TPSA) is 126 Å². The lowest BCUT2D eigenvalue weighted by molar-refractivity contribution is -0.0511. The Morgan fingerprint density at radius 2 is 2.04 bits per heavy atom. The number of aromatic nitrogens is 4. The van der Waals surface area contributed by atoms with Crippen molar-refractivity contribution >= 4 is 17.0 Å². The molecule has 0 aromatic carbocycles. The molecule has 0 unspecified atom stereocenters. The van der Waals surface area contributed by atoms with Crippen LogP contribution < -0.4 is 5.32 Å². The van der Waals surface area contributed by atoms with E-state index >= 15 is 0 Å². The van der Waals surface area contributed by atoms with Gasteiger partial charge in [0, 0.05) is 6.04 Å². The molecule has 1 saturated carbocycles. The first kappa shape index (κ1) is 16.1. The number of fused-ring (bicyclic) bond motifs is 3. The maximum atomic E-state index is 10.3. The van der Waals surface area contributed by atoms with E-state index in [1.54, 1.807) is 4.57 Å². The number of anilines is 1. The standard InChI is InChI=1S/C17H21N5O4/c23-5-11-13(24)14(25)17(26-11)22-7-20-12-15(18-6-19-16(12)22)21-10-4-8-1-2-9(10)3-8/h1-2,6-11,13-14,17,23-25H,3-5H2,(H,18,19,21)/t8-,9+,10+,11-,13-,14-,17-/m1/s1. The summed E-state index contributed by atoms with van der Waals surface area (Å²) in [5.74, 6) is 1.82. The smallest absolute Gasteiger partial charge is 0.167 e. The van der Waals surface area contributed by atoms with E-state index in [1.165, 1.54) is 19.1 Å². The van der Waals surface area contributed by atoms with E-state index in [-0.39, 0.29) is 6.61 Å². The number of imidazole rings is 1. The van der Waals surface area contributed by atoms with Gasteiger partial charge < -0.3 is 25.4 Å². The van der Waals surface area contributed by atoms with Gasteiger partial charge in [0.15, 0.2) is 23.2 Å². The highest BCUT2D eigenvalue weighted by atomic mass is 16.6. The third-order valence-electron chi connectivity index (χ3n) is 5.75. The van der Waals surface area contributed by atoms with E-state index in [4.69, 9.17) is 4.74 Å². The van der Waals surface area contributed by atoms with Crippen molar-refractivity contribution in [2.75, 3.05) is 11.9 Å². The SMILES string of the molecule is OC[C@H]1O[C@@H](n2cnc3c(N[C@H]4C[C@@H]5C=C[C@H]4C5)ncnc32)[C@H](O)[C@@H]1O. The predicted molar refractivity (Wildman–Crippen MR) is 91.1 cm³/mol. The normalized spacial score (nSPS) is 38.5. The van der Waals surface area contributed by atoms with E-state index < -0.39 is 24.5 Å². The van der Waals surface area contributed by atoms with Crippen molar-refractivity contribution < 1.29 is 20.1 Å². The highest BCUT2D eigenvalue weighted by Crippen LogP contribution is 2.41. The molecule has 9 nitrogen and oxygen atoms in total. The van der Waals surface area contributed by atoms with E-state index in [9.17, 15) is 15.3 Å². The Bertz CT molecular complexity index is 855. The number of rotatable bonds is 4. The Balaban J connectivity index is 1.45. The maximum absolute atomic E-state index is 10.3. The molecule has 0 spiro atoms. The molecule has 2 aromatic heterocycles. The summed E-state index contributed by atoms with van der Waals surface area (Å²) in [5, 5.41) is 33.0. The van der Waals surface area contributed by atoms with Gasteiger partial charge >= 0.3 is 0 Å². The first-order valence-corrected chi connectivity index (χ1v) is 8.90. The third-order valence-corrected chi connectivity index (χ3v) is 5.75. The van der Waals surface area contributed by atoms with Crippen molar-refractivity contribution in [3.8, 4) is 0 Å². The van der Waals surface area contributed by atoms with Crippen molar-refractivity contribution in [2.24, 2.45) is 11.8 Å². The zero-order valence-corrected chi connectivity index (χ0v) is 14.0. The van der Waals surface area contributed by atoms with Gasteiger partial charge in [-0.3, -0.25) is 4.57 Å². The van der Waals surface area contributed by atoms with Crippen molar-refractivity contribution in [2.45, 2.75) is 43.4 Å². The largest absolute Gasteiger partial charge is 0.394 e. The van der Waals surface area contributed by atoms with E-state index in [0.29, 0.717) is 34.9 Å². The van der Waals surface area contributed by atoms with Crippen LogP contribution in [0, 0.1) is 11.8 Å². The fraction of sp³-hybridized carbons (Fsp3) is 0.588. The van der Waals surface area contributed by atoms with Gasteiger partial charge in [-0.2, -0.15) is 0 Å². The molecule has 1 aliphatic heterocycles. The van der Waals surface area contributed by atoms with Crippen molar-refractivity contribution in [1.82, 2.24) is 19.5 Å². The van der Waals surface area contributed by atoms with Crippen LogP contribution in [0.5, 0.6) is 0 Å². The molecule has 2 aliphatic carbocycles. The molecule has 7 atom stereocenters. The van der Waals surface area contributed by atoms with Crippen LogP contribution >= 0.6 is 0 Å². The molecule has 0 amide bonds. The van der Waals surface area contributed by atoms with Gasteiger partial charge in [-0.05, 0) is 24.7 Å². The number of ether oxygens (including phenoxy) is 1. The average Bonchev–Trinajstić information content (AvgIpc) is 3.41. The van der Waals surface area contributed by atoms with Crippen molar-refractivity contribution in [3.05, 3.63) is 24.8 Å². The Hall–Kier alpha value is -2.07. The summed E-state index contributed by atoms with van der Waals surface area (Å²) in [7, 11) is 0. The van der Waals surface area contributed by atoms with Gasteiger partial charge in [-0.25, -0.2) is 15.0 Å². The fourth-order valence-corrected chi connectivity index (χ4v) is 4.38. The molecule has 5 rings (SSSR count). The molecule has 2 fully saturated rings. The maximum Gasteiger partial charge on any atom is 0.167 e. The van der Waals surface area contributed by atoms with Gasteiger partial charge in [0.05, 0.1) is 12.9 Å². The quantitative estimate of drug-likeness (QED) is 0.554. The number of nitrogens with one attached hydrogen (secondary N) is 1. The zero-order valence-electron chi connectivity index (χ0n) is 14.0. The number of allylic oxidation sites excluding steroid dienone is 1. The van der Waals surface area contributed by atoms with Crippen LogP contribution in [0.15, 0.2) is 24.8 Å². The van der Waals surface area contributed by atoms with Crippen LogP contribution in [0.2, 0.25) is 0 Å². The van der Waals surface area contributed by atoms with Gasteiger partial charge in [0.2, 0.25) is 0 Å². The first-order valence-electron chi connectivity index (χ1n) is 8.90. The minimum Gasteiger partial charge on any atom is -0.394 e. The van der Waals surface area contributed by atoms with Gasteiger partial charge in [-0.15, -0.1) is 0 Å². The molecule has 2 bridgehead atoms. The van der Waals surface area contributed by atoms with Crippen LogP contribution in [0.4, 0.5) is 5.82 Å². The number of hydrogen-bond acceptors (Lipinski definition) is 8. The molecule has 1 saturated heterocycles. The third kappa shape index (κ3) is 2.35. The fourth-order valence-electron chi connectivity index (χ4n) is 4.38. The first-order chi connectivity index (χ1) is 12.7. The zero-order chi connectivity index (χ0) is 17.8. The number of aliphatic hydroxyl groups excluding tert-OH is 3. The Labute approximate surface area is 149 Å². The molecular formula is C17H21N5O4. The Morgan fingerprint density at radius 1 is 1.15 bits per heavy atom. The second-order valence-electron chi connectivity index (χ2n) is 7.31. The van der Waals surface area contributed by atoms with E-state index in [2.05, 4.69) is 32.4 Å². The Kier molecular flexibility index (Phi) is 3.71. The Morgan fingerprint density at radius 3 is 2.73 bits per heavy atom. The van der Waals surface area contributed by atoms with Gasteiger partial charge in [-0.1, -0.05) is 12.2 Å².